The van der Waals surface area contributed by atoms with E-state index in [1.807, 2.05) is 31.2 Å². The Bertz CT molecular complexity index is 796. The zero-order valence-electron chi connectivity index (χ0n) is 12.7. The van der Waals surface area contributed by atoms with Gasteiger partial charge in [-0.3, -0.25) is 0 Å². The third-order valence-corrected chi connectivity index (χ3v) is 5.19. The summed E-state index contributed by atoms with van der Waals surface area (Å²) in [5, 5.41) is -0.241. The molecule has 4 nitrogen and oxygen atoms in total. The first kappa shape index (κ1) is 17.9. The quantitative estimate of drug-likeness (QED) is 0.861. The Balaban J connectivity index is 2.17. The van der Waals surface area contributed by atoms with Gasteiger partial charge >= 0.3 is 0 Å². The highest BCUT2D eigenvalue weighted by atomic mass is 35.5. The molecule has 1 unspecified atom stereocenters. The minimum Gasteiger partial charge on any atom is -0.375 e. The van der Waals surface area contributed by atoms with Crippen molar-refractivity contribution in [2.45, 2.75) is 17.9 Å². The number of hydrogen-bond acceptors (Lipinski definition) is 3. The molecule has 0 aliphatic heterocycles. The Morgan fingerprint density at radius 1 is 1.26 bits per heavy atom. The zero-order chi connectivity index (χ0) is 17.0. The van der Waals surface area contributed by atoms with Gasteiger partial charge in [0, 0.05) is 13.7 Å². The van der Waals surface area contributed by atoms with E-state index in [0.717, 1.165) is 23.3 Å². The number of benzene rings is 2. The normalized spacial score (nSPS) is 13.0. The van der Waals surface area contributed by atoms with Gasteiger partial charge in [0.25, 0.3) is 0 Å². The molecule has 23 heavy (non-hydrogen) atoms. The van der Waals surface area contributed by atoms with Crippen LogP contribution >= 0.6 is 11.6 Å². The summed E-state index contributed by atoms with van der Waals surface area (Å²) in [6.07, 6.45) is -0.429. The van der Waals surface area contributed by atoms with Gasteiger partial charge in [0.15, 0.2) is 0 Å². The van der Waals surface area contributed by atoms with Crippen molar-refractivity contribution in [2.75, 3.05) is 13.7 Å². The first-order valence-corrected chi connectivity index (χ1v) is 8.74. The van der Waals surface area contributed by atoms with Crippen LogP contribution in [0.4, 0.5) is 4.39 Å². The van der Waals surface area contributed by atoms with E-state index in [1.54, 1.807) is 0 Å². The predicted molar refractivity (Wildman–Crippen MR) is 87.5 cm³/mol. The first-order chi connectivity index (χ1) is 10.8. The number of methoxy groups -OCH3 is 1. The number of sulfonamides is 1. The van der Waals surface area contributed by atoms with Crippen molar-refractivity contribution in [3.8, 4) is 0 Å². The van der Waals surface area contributed by atoms with Gasteiger partial charge in [-0.1, -0.05) is 35.9 Å². The molecule has 0 aromatic heterocycles. The Morgan fingerprint density at radius 3 is 2.57 bits per heavy atom. The lowest BCUT2D eigenvalue weighted by atomic mass is 10.0. The standard InChI is InChI=1S/C16H17ClFNO3S/c1-11-5-3-4-6-13(11)16(22-2)10-19-23(20,21)12-7-8-15(18)14(17)9-12/h3-9,16,19H,10H2,1-2H3. The molecule has 0 heterocycles. The van der Waals surface area contributed by atoms with Crippen LogP contribution < -0.4 is 4.72 Å². The maximum Gasteiger partial charge on any atom is 0.240 e. The highest BCUT2D eigenvalue weighted by molar-refractivity contribution is 7.89. The van der Waals surface area contributed by atoms with Crippen molar-refractivity contribution < 1.29 is 17.5 Å². The van der Waals surface area contributed by atoms with Gasteiger partial charge in [0.2, 0.25) is 10.0 Å². The molecule has 1 N–H and O–H groups in total. The van der Waals surface area contributed by atoms with Crippen LogP contribution in [0, 0.1) is 12.7 Å². The lowest BCUT2D eigenvalue weighted by Crippen LogP contribution is -2.29. The van der Waals surface area contributed by atoms with Gasteiger partial charge in [0.05, 0.1) is 16.0 Å². The summed E-state index contributed by atoms with van der Waals surface area (Å²) >= 11 is 5.63. The fourth-order valence-electron chi connectivity index (χ4n) is 2.18. The van der Waals surface area contributed by atoms with Gasteiger partial charge < -0.3 is 4.74 Å². The van der Waals surface area contributed by atoms with E-state index in [2.05, 4.69) is 4.72 Å². The topological polar surface area (TPSA) is 55.4 Å². The predicted octanol–water partition coefficient (Wildman–Crippen LogP) is 3.45. The van der Waals surface area contributed by atoms with Crippen LogP contribution in [0.3, 0.4) is 0 Å². The number of hydrogen-bond donors (Lipinski definition) is 1. The summed E-state index contributed by atoms with van der Waals surface area (Å²) < 4.78 is 45.6. The molecule has 0 aliphatic carbocycles. The number of rotatable bonds is 6. The number of aryl methyl sites for hydroxylation is 1. The van der Waals surface area contributed by atoms with Crippen LogP contribution in [0.25, 0.3) is 0 Å². The molecule has 2 rings (SSSR count). The summed E-state index contributed by atoms with van der Waals surface area (Å²) in [4.78, 5) is -0.0939. The highest BCUT2D eigenvalue weighted by Crippen LogP contribution is 2.22. The summed E-state index contributed by atoms with van der Waals surface area (Å²) in [6.45, 7) is 1.98. The second-order valence-corrected chi connectivity index (χ2v) is 7.18. The van der Waals surface area contributed by atoms with Gasteiger partial charge in [-0.2, -0.15) is 0 Å². The molecule has 2 aromatic rings. The molecule has 2 aromatic carbocycles. The fraction of sp³-hybridized carbons (Fsp3) is 0.250. The number of nitrogens with one attached hydrogen (secondary N) is 1. The van der Waals surface area contributed by atoms with Crippen molar-refractivity contribution >= 4 is 21.6 Å². The van der Waals surface area contributed by atoms with Crippen LogP contribution in [-0.4, -0.2) is 22.1 Å². The molecular weight excluding hydrogens is 341 g/mol. The molecule has 0 saturated carbocycles. The second kappa shape index (κ2) is 7.40. The van der Waals surface area contributed by atoms with Gasteiger partial charge in [0.1, 0.15) is 5.82 Å². The van der Waals surface area contributed by atoms with E-state index in [0.29, 0.717) is 0 Å². The SMILES string of the molecule is COC(CNS(=O)(=O)c1ccc(F)c(Cl)c1)c1ccccc1C. The minimum absolute atomic E-state index is 0.0542. The average molecular weight is 358 g/mol. The second-order valence-electron chi connectivity index (χ2n) is 5.01. The van der Waals surface area contributed by atoms with E-state index in [4.69, 9.17) is 16.3 Å². The molecule has 0 aliphatic rings. The Labute approximate surface area is 140 Å². The van der Waals surface area contributed by atoms with E-state index >= 15 is 0 Å². The molecule has 124 valence electrons. The molecule has 0 bridgehead atoms. The minimum atomic E-state index is -3.81. The van der Waals surface area contributed by atoms with Crippen molar-refractivity contribution in [1.29, 1.82) is 0 Å². The molecule has 0 radical (unpaired) electrons. The van der Waals surface area contributed by atoms with E-state index in [-0.39, 0.29) is 16.5 Å². The molecule has 0 fully saturated rings. The average Bonchev–Trinajstić information content (AvgIpc) is 2.52. The summed E-state index contributed by atoms with van der Waals surface area (Å²) in [7, 11) is -2.29. The Hall–Kier alpha value is -1.47. The molecular formula is C16H17ClFNO3S. The van der Waals surface area contributed by atoms with E-state index in [1.165, 1.54) is 13.2 Å². The van der Waals surface area contributed by atoms with E-state index < -0.39 is 21.9 Å². The fourth-order valence-corrected chi connectivity index (χ4v) is 3.48. The Kier molecular flexibility index (Phi) is 5.75. The lowest BCUT2D eigenvalue weighted by molar-refractivity contribution is 0.107. The molecule has 0 amide bonds. The molecule has 1 atom stereocenters. The van der Waals surface area contributed by atoms with Crippen LogP contribution in [0.5, 0.6) is 0 Å². The Morgan fingerprint density at radius 2 is 1.96 bits per heavy atom. The van der Waals surface area contributed by atoms with Gasteiger partial charge in [-0.15, -0.1) is 0 Å². The van der Waals surface area contributed by atoms with Crippen LogP contribution in [0.1, 0.15) is 17.2 Å². The number of ether oxygens (including phenoxy) is 1. The summed E-state index contributed by atoms with van der Waals surface area (Å²) in [5.41, 5.74) is 1.90. The maximum atomic E-state index is 13.2. The molecule has 7 heteroatoms. The van der Waals surface area contributed by atoms with Crippen molar-refractivity contribution in [3.05, 3.63) is 64.4 Å². The lowest BCUT2D eigenvalue weighted by Gasteiger charge is -2.18. The van der Waals surface area contributed by atoms with E-state index in [9.17, 15) is 12.8 Å². The first-order valence-electron chi connectivity index (χ1n) is 6.88. The van der Waals surface area contributed by atoms with Crippen molar-refractivity contribution in [3.63, 3.8) is 0 Å². The zero-order valence-corrected chi connectivity index (χ0v) is 14.3. The van der Waals surface area contributed by atoms with Crippen LogP contribution in [0.2, 0.25) is 5.02 Å². The number of halogens is 2. The monoisotopic (exact) mass is 357 g/mol. The van der Waals surface area contributed by atoms with Crippen molar-refractivity contribution in [1.82, 2.24) is 4.72 Å². The smallest absolute Gasteiger partial charge is 0.240 e. The maximum absolute atomic E-state index is 13.2. The summed E-state index contributed by atoms with van der Waals surface area (Å²) in [6, 6.07) is 10.8. The highest BCUT2D eigenvalue weighted by Gasteiger charge is 2.19. The third kappa shape index (κ3) is 4.29. The third-order valence-electron chi connectivity index (χ3n) is 3.48. The largest absolute Gasteiger partial charge is 0.375 e. The molecule has 0 saturated heterocycles. The van der Waals surface area contributed by atoms with Gasteiger partial charge in [-0.25, -0.2) is 17.5 Å². The van der Waals surface area contributed by atoms with Crippen molar-refractivity contribution in [2.24, 2.45) is 0 Å². The molecule has 0 spiro atoms. The van der Waals surface area contributed by atoms with Crippen LogP contribution in [-0.2, 0) is 14.8 Å². The van der Waals surface area contributed by atoms with Crippen LogP contribution in [0.15, 0.2) is 47.4 Å². The van der Waals surface area contributed by atoms with Gasteiger partial charge in [-0.05, 0) is 36.2 Å². The summed E-state index contributed by atoms with van der Waals surface area (Å²) in [5.74, 6) is -0.666.